The van der Waals surface area contributed by atoms with Gasteiger partial charge in [0.1, 0.15) is 5.75 Å². The van der Waals surface area contributed by atoms with E-state index in [0.717, 1.165) is 38.0 Å². The van der Waals surface area contributed by atoms with Crippen molar-refractivity contribution < 1.29 is 9.53 Å². The summed E-state index contributed by atoms with van der Waals surface area (Å²) in [6.07, 6.45) is 5.75. The minimum Gasteiger partial charge on any atom is -0.493 e. The second-order valence-electron chi connectivity index (χ2n) is 7.24. The van der Waals surface area contributed by atoms with E-state index in [2.05, 4.69) is 37.1 Å². The normalized spacial score (nSPS) is 17.5. The van der Waals surface area contributed by atoms with Crippen LogP contribution in [0.3, 0.4) is 0 Å². The smallest absolute Gasteiger partial charge is 0.229 e. The van der Waals surface area contributed by atoms with Crippen molar-refractivity contribution in [2.24, 2.45) is 11.8 Å². The highest BCUT2D eigenvalue weighted by molar-refractivity contribution is 7.13. The first-order valence-corrected chi connectivity index (χ1v) is 10.3. The lowest BCUT2D eigenvalue weighted by molar-refractivity contribution is -0.121. The van der Waals surface area contributed by atoms with Gasteiger partial charge in [0.25, 0.3) is 0 Å². The Kier molecular flexibility index (Phi) is 5.97. The van der Waals surface area contributed by atoms with Gasteiger partial charge in [0.2, 0.25) is 5.91 Å². The number of thiazole rings is 1. The number of hydrogen-bond donors (Lipinski definition) is 1. The molecule has 1 aliphatic carbocycles. The van der Waals surface area contributed by atoms with Gasteiger partial charge in [-0.2, -0.15) is 0 Å². The van der Waals surface area contributed by atoms with E-state index in [0.29, 0.717) is 11.0 Å². The van der Waals surface area contributed by atoms with Gasteiger partial charge in [-0.3, -0.25) is 4.79 Å². The van der Waals surface area contributed by atoms with Gasteiger partial charge in [-0.1, -0.05) is 13.8 Å². The second-order valence-corrected chi connectivity index (χ2v) is 8.13. The zero-order valence-electron chi connectivity index (χ0n) is 16.1. The monoisotopic (exact) mass is 372 g/mol. The van der Waals surface area contributed by atoms with Gasteiger partial charge in [0.15, 0.2) is 5.13 Å². The molecule has 1 aromatic carbocycles. The number of hydrogen-bond acceptors (Lipinski definition) is 4. The third-order valence-corrected chi connectivity index (χ3v) is 6.17. The first kappa shape index (κ1) is 18.9. The minimum absolute atomic E-state index is 0.0352. The first-order valence-electron chi connectivity index (χ1n) is 9.46. The summed E-state index contributed by atoms with van der Waals surface area (Å²) in [4.78, 5) is 16.8. The average molecular weight is 373 g/mol. The molecular weight excluding hydrogens is 344 g/mol. The van der Waals surface area contributed by atoms with Crippen LogP contribution in [0, 0.1) is 25.7 Å². The van der Waals surface area contributed by atoms with E-state index in [1.165, 1.54) is 33.6 Å². The standard InChI is InChI=1S/C21H28N2O2S/c1-5-9-25-19-11-13(2)17-7-6-16(12-18(17)15(19)4)14(3)20(24)23-21-22-8-10-26-21/h8,10-11,14,16H,5-7,9,12H2,1-4H3,(H,22,23,24)/t14-,16?/m0/s1. The number of carbonyl (C=O) groups excluding carboxylic acids is 1. The van der Waals surface area contributed by atoms with Crippen molar-refractivity contribution in [3.05, 3.63) is 39.9 Å². The summed E-state index contributed by atoms with van der Waals surface area (Å²) in [6, 6.07) is 2.18. The van der Waals surface area contributed by atoms with Gasteiger partial charge in [-0.25, -0.2) is 4.98 Å². The number of nitrogens with one attached hydrogen (secondary N) is 1. The quantitative estimate of drug-likeness (QED) is 0.782. The van der Waals surface area contributed by atoms with Crippen LogP contribution in [0.25, 0.3) is 0 Å². The second kappa shape index (κ2) is 8.21. The highest BCUT2D eigenvalue weighted by atomic mass is 32.1. The Morgan fingerprint density at radius 3 is 2.92 bits per heavy atom. The van der Waals surface area contributed by atoms with E-state index in [9.17, 15) is 4.79 Å². The van der Waals surface area contributed by atoms with E-state index in [4.69, 9.17) is 4.74 Å². The van der Waals surface area contributed by atoms with Crippen LogP contribution in [0.15, 0.2) is 17.6 Å². The zero-order valence-corrected chi connectivity index (χ0v) is 16.9. The van der Waals surface area contributed by atoms with Crippen molar-refractivity contribution in [1.29, 1.82) is 0 Å². The molecule has 1 aromatic heterocycles. The summed E-state index contributed by atoms with van der Waals surface area (Å²) < 4.78 is 5.96. The molecule has 1 aliphatic rings. The van der Waals surface area contributed by atoms with Crippen LogP contribution in [0.2, 0.25) is 0 Å². The molecule has 5 heteroatoms. The molecule has 1 heterocycles. The van der Waals surface area contributed by atoms with Gasteiger partial charge in [-0.05, 0) is 73.8 Å². The van der Waals surface area contributed by atoms with Crippen LogP contribution in [-0.2, 0) is 17.6 Å². The van der Waals surface area contributed by atoms with Crippen LogP contribution in [0.1, 0.15) is 48.9 Å². The highest BCUT2D eigenvalue weighted by Gasteiger charge is 2.30. The van der Waals surface area contributed by atoms with Crippen molar-refractivity contribution in [1.82, 2.24) is 4.98 Å². The van der Waals surface area contributed by atoms with Crippen molar-refractivity contribution in [3.63, 3.8) is 0 Å². The van der Waals surface area contributed by atoms with E-state index in [1.807, 2.05) is 12.3 Å². The first-order chi connectivity index (χ1) is 12.5. The minimum atomic E-state index is -0.0352. The van der Waals surface area contributed by atoms with Crippen molar-refractivity contribution in [2.75, 3.05) is 11.9 Å². The maximum absolute atomic E-state index is 12.6. The molecule has 0 bridgehead atoms. The predicted octanol–water partition coefficient (Wildman–Crippen LogP) is 4.93. The number of amides is 1. The summed E-state index contributed by atoms with van der Waals surface area (Å²) >= 11 is 1.46. The van der Waals surface area contributed by atoms with Gasteiger partial charge in [0.05, 0.1) is 6.61 Å². The van der Waals surface area contributed by atoms with Crippen molar-refractivity contribution in [2.45, 2.75) is 53.4 Å². The zero-order chi connectivity index (χ0) is 18.7. The third-order valence-electron chi connectivity index (χ3n) is 5.49. The van der Waals surface area contributed by atoms with Crippen LogP contribution < -0.4 is 10.1 Å². The Morgan fingerprint density at radius 2 is 2.23 bits per heavy atom. The molecule has 0 radical (unpaired) electrons. The lowest BCUT2D eigenvalue weighted by atomic mass is 9.75. The van der Waals surface area contributed by atoms with Crippen LogP contribution in [-0.4, -0.2) is 17.5 Å². The number of rotatable bonds is 6. The summed E-state index contributed by atoms with van der Waals surface area (Å²) in [5, 5.41) is 5.51. The molecule has 0 aliphatic heterocycles. The molecule has 0 spiro atoms. The summed E-state index contributed by atoms with van der Waals surface area (Å²) in [7, 11) is 0. The Bertz CT molecular complexity index is 771. The van der Waals surface area contributed by atoms with Crippen LogP contribution in [0.4, 0.5) is 5.13 Å². The number of ether oxygens (including phenoxy) is 1. The Hall–Kier alpha value is -1.88. The molecule has 140 valence electrons. The van der Waals surface area contributed by atoms with Gasteiger partial charge >= 0.3 is 0 Å². The fraction of sp³-hybridized carbons (Fsp3) is 0.524. The van der Waals surface area contributed by atoms with Crippen LogP contribution in [0.5, 0.6) is 5.75 Å². The van der Waals surface area contributed by atoms with Gasteiger partial charge in [0, 0.05) is 17.5 Å². The summed E-state index contributed by atoms with van der Waals surface area (Å²) in [5.74, 6) is 1.39. The fourth-order valence-corrected chi connectivity index (χ4v) is 4.36. The number of carbonyl (C=O) groups is 1. The van der Waals surface area contributed by atoms with Gasteiger partial charge in [-0.15, -0.1) is 11.3 Å². The number of fused-ring (bicyclic) bond motifs is 1. The SMILES string of the molecule is CCCOc1cc(C)c2c(c1C)CC([C@H](C)C(=O)Nc1nccs1)CC2. The summed E-state index contributed by atoms with van der Waals surface area (Å²) in [6.45, 7) is 9.24. The molecule has 2 aromatic rings. The Labute approximate surface area is 160 Å². The number of nitrogens with zero attached hydrogens (tertiary/aromatic N) is 1. The molecule has 4 nitrogen and oxygen atoms in total. The maximum atomic E-state index is 12.6. The number of anilines is 1. The van der Waals surface area contributed by atoms with Crippen LogP contribution >= 0.6 is 11.3 Å². The molecule has 0 saturated heterocycles. The molecular formula is C21H28N2O2S. The van der Waals surface area contributed by atoms with E-state index in [1.54, 1.807) is 6.20 Å². The molecule has 1 N–H and O–H groups in total. The van der Waals surface area contributed by atoms with E-state index < -0.39 is 0 Å². The van der Waals surface area contributed by atoms with Gasteiger partial charge < -0.3 is 10.1 Å². The Balaban J connectivity index is 1.77. The largest absolute Gasteiger partial charge is 0.493 e. The number of aromatic nitrogens is 1. The molecule has 26 heavy (non-hydrogen) atoms. The third kappa shape index (κ3) is 3.93. The molecule has 1 amide bonds. The molecule has 3 rings (SSSR count). The van der Waals surface area contributed by atoms with Crippen molar-refractivity contribution in [3.8, 4) is 5.75 Å². The fourth-order valence-electron chi connectivity index (χ4n) is 3.83. The average Bonchev–Trinajstić information content (AvgIpc) is 3.15. The summed E-state index contributed by atoms with van der Waals surface area (Å²) in [5.41, 5.74) is 5.41. The van der Waals surface area contributed by atoms with E-state index >= 15 is 0 Å². The predicted molar refractivity (Wildman–Crippen MR) is 107 cm³/mol. The number of benzene rings is 1. The molecule has 0 fully saturated rings. The van der Waals surface area contributed by atoms with Crippen molar-refractivity contribution >= 4 is 22.4 Å². The molecule has 0 saturated carbocycles. The highest BCUT2D eigenvalue weighted by Crippen LogP contribution is 2.38. The van der Waals surface area contributed by atoms with E-state index in [-0.39, 0.29) is 11.8 Å². The number of aryl methyl sites for hydroxylation is 1. The molecule has 1 unspecified atom stereocenters. The maximum Gasteiger partial charge on any atom is 0.229 e. The molecule has 2 atom stereocenters. The Morgan fingerprint density at radius 1 is 1.42 bits per heavy atom. The topological polar surface area (TPSA) is 51.2 Å². The lowest BCUT2D eigenvalue weighted by Gasteiger charge is -2.31. The lowest BCUT2D eigenvalue weighted by Crippen LogP contribution is -2.31.